The summed E-state index contributed by atoms with van der Waals surface area (Å²) in [5, 5.41) is 10.9. The van der Waals surface area contributed by atoms with E-state index in [0.717, 1.165) is 0 Å². The fraction of sp³-hybridized carbons (Fsp3) is 0.562. The van der Waals surface area contributed by atoms with Gasteiger partial charge in [-0.2, -0.15) is 17.0 Å². The summed E-state index contributed by atoms with van der Waals surface area (Å²) in [4.78, 5) is 24.6. The number of hydrogen-bond acceptors (Lipinski definition) is 5. The highest BCUT2D eigenvalue weighted by molar-refractivity contribution is 7.86. The Hall–Kier alpha value is -2.04. The maximum Gasteiger partial charge on any atom is 0.282 e. The van der Waals surface area contributed by atoms with Gasteiger partial charge in [0.2, 0.25) is 0 Å². The summed E-state index contributed by atoms with van der Waals surface area (Å²) in [7, 11) is -3.51. The molecule has 0 spiro atoms. The van der Waals surface area contributed by atoms with E-state index in [1.54, 1.807) is 25.7 Å². The third-order valence-electron chi connectivity index (χ3n) is 4.52. The number of aryl methyl sites for hydroxylation is 1. The average molecular weight is 384 g/mol. The molecule has 1 aromatic rings. The number of carbonyl (C=O) groups excluding carboxylic acids is 1. The zero-order valence-electron chi connectivity index (χ0n) is 15.2. The number of piperazine rings is 1. The van der Waals surface area contributed by atoms with Gasteiger partial charge in [0.1, 0.15) is 0 Å². The van der Waals surface area contributed by atoms with Crippen LogP contribution in [0.25, 0.3) is 0 Å². The van der Waals surface area contributed by atoms with Crippen LogP contribution in [-0.4, -0.2) is 72.0 Å². The van der Waals surface area contributed by atoms with Crippen molar-refractivity contribution in [2.75, 3.05) is 39.3 Å². The number of benzene rings is 1. The normalized spacial score (nSPS) is 16.1. The van der Waals surface area contributed by atoms with Crippen LogP contribution in [0, 0.1) is 17.0 Å². The number of nitro groups is 1. The minimum atomic E-state index is -3.51. The lowest BCUT2D eigenvalue weighted by atomic mass is 10.1. The van der Waals surface area contributed by atoms with Crippen LogP contribution in [0.15, 0.2) is 18.2 Å². The van der Waals surface area contributed by atoms with E-state index in [-0.39, 0.29) is 37.8 Å². The second-order valence-electron chi connectivity index (χ2n) is 6.04. The molecule has 1 fully saturated rings. The molecular weight excluding hydrogens is 360 g/mol. The molecule has 10 heteroatoms. The van der Waals surface area contributed by atoms with Gasteiger partial charge in [0.25, 0.3) is 21.8 Å². The standard InChI is InChI=1S/C16H24N4O5S/c1-4-18(5-2)26(24,25)19-10-8-17(9-11-19)16(21)14-6-7-15(20(22)23)13(3)12-14/h6-7,12H,4-5,8-11H2,1-3H3. The van der Waals surface area contributed by atoms with Crippen molar-refractivity contribution < 1.29 is 18.1 Å². The molecule has 0 aromatic heterocycles. The molecule has 0 saturated carbocycles. The Bertz CT molecular complexity index is 784. The van der Waals surface area contributed by atoms with Crippen LogP contribution in [0.2, 0.25) is 0 Å². The Kier molecular flexibility index (Phi) is 6.32. The maximum absolute atomic E-state index is 12.6. The molecule has 26 heavy (non-hydrogen) atoms. The SMILES string of the molecule is CCN(CC)S(=O)(=O)N1CCN(C(=O)c2ccc([N+](=O)[O-])c(C)c2)CC1. The predicted molar refractivity (Wildman–Crippen MR) is 97.2 cm³/mol. The van der Waals surface area contributed by atoms with Gasteiger partial charge in [-0.15, -0.1) is 0 Å². The summed E-state index contributed by atoms with van der Waals surface area (Å²) in [5.41, 5.74) is 0.758. The van der Waals surface area contributed by atoms with Gasteiger partial charge >= 0.3 is 0 Å². The minimum absolute atomic E-state index is 0.0308. The summed E-state index contributed by atoms with van der Waals surface area (Å²) in [5.74, 6) is -0.247. The molecule has 1 amide bonds. The van der Waals surface area contributed by atoms with Gasteiger partial charge < -0.3 is 4.90 Å². The zero-order chi connectivity index (χ0) is 19.5. The summed E-state index contributed by atoms with van der Waals surface area (Å²) in [6, 6.07) is 4.26. The largest absolute Gasteiger partial charge is 0.336 e. The number of amides is 1. The van der Waals surface area contributed by atoms with Crippen molar-refractivity contribution in [3.8, 4) is 0 Å². The van der Waals surface area contributed by atoms with E-state index in [0.29, 0.717) is 24.2 Å². The Balaban J connectivity index is 2.07. The van der Waals surface area contributed by atoms with E-state index in [1.165, 1.54) is 26.8 Å². The molecule has 1 aliphatic heterocycles. The molecular formula is C16H24N4O5S. The zero-order valence-corrected chi connectivity index (χ0v) is 16.0. The fourth-order valence-electron chi connectivity index (χ4n) is 3.01. The predicted octanol–water partition coefficient (Wildman–Crippen LogP) is 1.25. The van der Waals surface area contributed by atoms with Gasteiger partial charge in [-0.3, -0.25) is 14.9 Å². The summed E-state index contributed by atoms with van der Waals surface area (Å²) in [6.45, 7) is 7.01. The highest BCUT2D eigenvalue weighted by Gasteiger charge is 2.32. The third kappa shape index (κ3) is 4.02. The van der Waals surface area contributed by atoms with Crippen LogP contribution in [0.1, 0.15) is 29.8 Å². The highest BCUT2D eigenvalue weighted by atomic mass is 32.2. The first-order valence-corrected chi connectivity index (χ1v) is 9.91. The Morgan fingerprint density at radius 1 is 1.19 bits per heavy atom. The Morgan fingerprint density at radius 2 is 1.77 bits per heavy atom. The van der Waals surface area contributed by atoms with Crippen LogP contribution in [-0.2, 0) is 10.2 Å². The van der Waals surface area contributed by atoms with Crippen molar-refractivity contribution >= 4 is 21.8 Å². The Morgan fingerprint density at radius 3 is 2.23 bits per heavy atom. The maximum atomic E-state index is 12.6. The monoisotopic (exact) mass is 384 g/mol. The highest BCUT2D eigenvalue weighted by Crippen LogP contribution is 2.20. The molecule has 2 rings (SSSR count). The summed E-state index contributed by atoms with van der Waals surface area (Å²) >= 11 is 0. The summed E-state index contributed by atoms with van der Waals surface area (Å²) in [6.07, 6.45) is 0. The van der Waals surface area contributed by atoms with Crippen molar-refractivity contribution in [3.63, 3.8) is 0 Å². The lowest BCUT2D eigenvalue weighted by molar-refractivity contribution is -0.385. The van der Waals surface area contributed by atoms with Crippen LogP contribution < -0.4 is 0 Å². The van der Waals surface area contributed by atoms with Crippen molar-refractivity contribution in [3.05, 3.63) is 39.4 Å². The van der Waals surface area contributed by atoms with Crippen molar-refractivity contribution in [2.24, 2.45) is 0 Å². The fourth-order valence-corrected chi connectivity index (χ4v) is 4.61. The number of hydrogen-bond donors (Lipinski definition) is 0. The molecule has 0 aliphatic carbocycles. The van der Waals surface area contributed by atoms with Crippen LogP contribution in [0.5, 0.6) is 0 Å². The van der Waals surface area contributed by atoms with Crippen molar-refractivity contribution in [2.45, 2.75) is 20.8 Å². The van der Waals surface area contributed by atoms with Crippen molar-refractivity contribution in [1.82, 2.24) is 13.5 Å². The topological polar surface area (TPSA) is 104 Å². The second kappa shape index (κ2) is 8.11. The van der Waals surface area contributed by atoms with E-state index in [4.69, 9.17) is 0 Å². The minimum Gasteiger partial charge on any atom is -0.336 e. The first kappa shape index (κ1) is 20.3. The molecule has 1 aromatic carbocycles. The van der Waals surface area contributed by atoms with Crippen LogP contribution in [0.3, 0.4) is 0 Å². The number of rotatable bonds is 6. The van der Waals surface area contributed by atoms with Gasteiger partial charge in [-0.1, -0.05) is 13.8 Å². The number of nitro benzene ring substituents is 1. The van der Waals surface area contributed by atoms with Gasteiger partial charge in [0, 0.05) is 56.5 Å². The number of carbonyl (C=O) groups is 1. The first-order chi connectivity index (χ1) is 12.2. The van der Waals surface area contributed by atoms with Gasteiger partial charge in [0.05, 0.1) is 4.92 Å². The lowest BCUT2D eigenvalue weighted by Crippen LogP contribution is -2.54. The molecule has 1 saturated heterocycles. The average Bonchev–Trinajstić information content (AvgIpc) is 2.61. The van der Waals surface area contributed by atoms with E-state index in [1.807, 2.05) is 0 Å². The third-order valence-corrected chi connectivity index (χ3v) is 6.71. The second-order valence-corrected chi connectivity index (χ2v) is 7.97. The lowest BCUT2D eigenvalue weighted by Gasteiger charge is -2.36. The van der Waals surface area contributed by atoms with Crippen LogP contribution in [0.4, 0.5) is 5.69 Å². The molecule has 0 unspecified atom stereocenters. The Labute approximate surface area is 153 Å². The smallest absolute Gasteiger partial charge is 0.282 e. The molecule has 9 nitrogen and oxygen atoms in total. The van der Waals surface area contributed by atoms with Crippen LogP contribution >= 0.6 is 0 Å². The quantitative estimate of drug-likeness (QED) is 0.542. The van der Waals surface area contributed by atoms with Crippen molar-refractivity contribution in [1.29, 1.82) is 0 Å². The molecule has 1 aliphatic rings. The van der Waals surface area contributed by atoms with Gasteiger partial charge in [0.15, 0.2) is 0 Å². The van der Waals surface area contributed by atoms with E-state index >= 15 is 0 Å². The van der Waals surface area contributed by atoms with E-state index in [9.17, 15) is 23.3 Å². The van der Waals surface area contributed by atoms with E-state index in [2.05, 4.69) is 0 Å². The van der Waals surface area contributed by atoms with Gasteiger partial charge in [-0.05, 0) is 19.1 Å². The number of nitrogens with zero attached hydrogens (tertiary/aromatic N) is 4. The van der Waals surface area contributed by atoms with Gasteiger partial charge in [-0.25, -0.2) is 0 Å². The molecule has 0 bridgehead atoms. The molecule has 144 valence electrons. The molecule has 0 radical (unpaired) electrons. The van der Waals surface area contributed by atoms with E-state index < -0.39 is 15.1 Å². The molecule has 1 heterocycles. The molecule has 0 atom stereocenters. The first-order valence-electron chi connectivity index (χ1n) is 8.51. The molecule has 0 N–H and O–H groups in total. The summed E-state index contributed by atoms with van der Waals surface area (Å²) < 4.78 is 27.8.